The van der Waals surface area contributed by atoms with Crippen molar-refractivity contribution in [1.82, 2.24) is 19.6 Å². The van der Waals surface area contributed by atoms with Crippen LogP contribution in [-0.4, -0.2) is 82.8 Å². The van der Waals surface area contributed by atoms with E-state index in [2.05, 4.69) is 14.9 Å². The molecule has 1 N–H and O–H groups in total. The number of nitrogens with zero attached hydrogens (tertiary/aromatic N) is 4. The van der Waals surface area contributed by atoms with Crippen LogP contribution in [0.15, 0.2) is 12.4 Å². The van der Waals surface area contributed by atoms with Gasteiger partial charge in [0.2, 0.25) is 0 Å². The molecule has 2 atom stereocenters. The molecule has 0 spiro atoms. The molecule has 2 aliphatic rings. The zero-order chi connectivity index (χ0) is 13.9. The first kappa shape index (κ1) is 14.3. The second-order valence-corrected chi connectivity index (χ2v) is 5.90. The van der Waals surface area contributed by atoms with Crippen molar-refractivity contribution in [3.63, 3.8) is 0 Å². The van der Waals surface area contributed by atoms with E-state index in [0.717, 1.165) is 52.5 Å². The highest BCUT2D eigenvalue weighted by molar-refractivity contribution is 6.30. The summed E-state index contributed by atoms with van der Waals surface area (Å²) in [6, 6.07) is 0.236. The highest BCUT2D eigenvalue weighted by Crippen LogP contribution is 2.17. The summed E-state index contributed by atoms with van der Waals surface area (Å²) in [5, 5.41) is 15.1. The molecule has 20 heavy (non-hydrogen) atoms. The van der Waals surface area contributed by atoms with Gasteiger partial charge < -0.3 is 9.84 Å². The van der Waals surface area contributed by atoms with Crippen LogP contribution in [0.4, 0.5) is 0 Å². The maximum atomic E-state index is 10.2. The topological polar surface area (TPSA) is 53.8 Å². The van der Waals surface area contributed by atoms with Gasteiger partial charge in [-0.1, -0.05) is 11.6 Å². The Hall–Kier alpha value is -0.660. The standard InChI is InChI=1S/C13H21ClN4O2/c14-11-7-15-18(8-11)2-1-16-9-12(13(19)10-16)17-3-5-20-6-4-17/h7-8,12-13,19H,1-6,9-10H2/t12-,13-/m0/s1. The van der Waals surface area contributed by atoms with Crippen LogP contribution < -0.4 is 0 Å². The van der Waals surface area contributed by atoms with Gasteiger partial charge in [-0.15, -0.1) is 0 Å². The zero-order valence-corrected chi connectivity index (χ0v) is 12.2. The van der Waals surface area contributed by atoms with Gasteiger partial charge in [-0.3, -0.25) is 14.5 Å². The van der Waals surface area contributed by atoms with Crippen molar-refractivity contribution in [2.75, 3.05) is 45.9 Å². The molecule has 1 aromatic heterocycles. The first-order valence-corrected chi connectivity index (χ1v) is 7.50. The molecule has 2 saturated heterocycles. The minimum absolute atomic E-state index is 0.236. The van der Waals surface area contributed by atoms with Crippen molar-refractivity contribution in [1.29, 1.82) is 0 Å². The summed E-state index contributed by atoms with van der Waals surface area (Å²) >= 11 is 5.85. The van der Waals surface area contributed by atoms with Crippen molar-refractivity contribution in [2.24, 2.45) is 0 Å². The molecular weight excluding hydrogens is 280 g/mol. The summed E-state index contributed by atoms with van der Waals surface area (Å²) in [7, 11) is 0. The Kier molecular flexibility index (Phi) is 4.58. The predicted molar refractivity (Wildman–Crippen MR) is 75.9 cm³/mol. The van der Waals surface area contributed by atoms with Gasteiger partial charge in [0.05, 0.1) is 37.1 Å². The molecule has 0 aliphatic carbocycles. The number of rotatable bonds is 4. The monoisotopic (exact) mass is 300 g/mol. The molecule has 0 bridgehead atoms. The lowest BCUT2D eigenvalue weighted by atomic mass is 10.2. The molecule has 0 saturated carbocycles. The number of ether oxygens (including phenoxy) is 1. The van der Waals surface area contributed by atoms with E-state index in [9.17, 15) is 5.11 Å². The lowest BCUT2D eigenvalue weighted by molar-refractivity contribution is -0.00617. The van der Waals surface area contributed by atoms with Gasteiger partial charge in [0.1, 0.15) is 0 Å². The van der Waals surface area contributed by atoms with E-state index < -0.39 is 0 Å². The molecule has 2 aliphatic heterocycles. The average molecular weight is 301 g/mol. The Morgan fingerprint density at radius 1 is 1.30 bits per heavy atom. The molecule has 0 amide bonds. The van der Waals surface area contributed by atoms with E-state index in [1.54, 1.807) is 6.20 Å². The molecule has 0 unspecified atom stereocenters. The quantitative estimate of drug-likeness (QED) is 0.842. The number of β-amino-alcohol motifs (C(OH)–C–C–N with tert-alkyl or cyclic N) is 1. The van der Waals surface area contributed by atoms with Crippen molar-refractivity contribution in [3.8, 4) is 0 Å². The molecule has 1 aromatic rings. The summed E-state index contributed by atoms with van der Waals surface area (Å²) in [5.41, 5.74) is 0. The fourth-order valence-electron chi connectivity index (χ4n) is 3.00. The third-order valence-corrected chi connectivity index (χ3v) is 4.29. The molecule has 112 valence electrons. The van der Waals surface area contributed by atoms with E-state index in [0.29, 0.717) is 5.02 Å². The number of aromatic nitrogens is 2. The van der Waals surface area contributed by atoms with Crippen LogP contribution in [0.25, 0.3) is 0 Å². The van der Waals surface area contributed by atoms with Crippen molar-refractivity contribution >= 4 is 11.6 Å². The average Bonchev–Trinajstić information content (AvgIpc) is 3.03. The summed E-state index contributed by atoms with van der Waals surface area (Å²) in [4.78, 5) is 4.64. The molecular formula is C13H21ClN4O2. The van der Waals surface area contributed by atoms with Crippen LogP contribution in [0.5, 0.6) is 0 Å². The lowest BCUT2D eigenvalue weighted by Gasteiger charge is -2.33. The maximum absolute atomic E-state index is 10.2. The van der Waals surface area contributed by atoms with E-state index in [1.165, 1.54) is 0 Å². The molecule has 3 heterocycles. The fraction of sp³-hybridized carbons (Fsp3) is 0.769. The molecule has 3 rings (SSSR count). The van der Waals surface area contributed by atoms with Crippen LogP contribution >= 0.6 is 11.6 Å². The van der Waals surface area contributed by atoms with Gasteiger partial charge in [-0.2, -0.15) is 5.10 Å². The normalized spacial score (nSPS) is 29.1. The fourth-order valence-corrected chi connectivity index (χ4v) is 3.16. The van der Waals surface area contributed by atoms with Crippen molar-refractivity contribution in [3.05, 3.63) is 17.4 Å². The minimum Gasteiger partial charge on any atom is -0.390 e. The van der Waals surface area contributed by atoms with E-state index >= 15 is 0 Å². The van der Waals surface area contributed by atoms with E-state index in [4.69, 9.17) is 16.3 Å². The number of likely N-dealkylation sites (tertiary alicyclic amines) is 1. The Morgan fingerprint density at radius 2 is 2.10 bits per heavy atom. The summed E-state index contributed by atoms with van der Waals surface area (Å²) in [6.07, 6.45) is 3.21. The van der Waals surface area contributed by atoms with Crippen LogP contribution in [0.1, 0.15) is 0 Å². The highest BCUT2D eigenvalue weighted by Gasteiger charge is 2.35. The number of hydrogen-bond donors (Lipinski definition) is 1. The molecule has 6 nitrogen and oxygen atoms in total. The second-order valence-electron chi connectivity index (χ2n) is 5.46. The Labute approximate surface area is 123 Å². The molecule has 0 aromatic carbocycles. The number of morpholine rings is 1. The Bertz CT molecular complexity index is 436. The van der Waals surface area contributed by atoms with Gasteiger partial charge in [0.15, 0.2) is 0 Å². The SMILES string of the molecule is O[C@H]1CN(CCn2cc(Cl)cn2)C[C@@H]1N1CCOCC1. The Balaban J connectivity index is 1.49. The first-order valence-electron chi connectivity index (χ1n) is 7.12. The summed E-state index contributed by atoms with van der Waals surface area (Å²) in [6.45, 7) is 6.72. The van der Waals surface area contributed by atoms with Gasteiger partial charge in [-0.05, 0) is 0 Å². The van der Waals surface area contributed by atoms with Crippen LogP contribution in [-0.2, 0) is 11.3 Å². The number of aliphatic hydroxyl groups excluding tert-OH is 1. The highest BCUT2D eigenvalue weighted by atomic mass is 35.5. The van der Waals surface area contributed by atoms with Gasteiger partial charge >= 0.3 is 0 Å². The maximum Gasteiger partial charge on any atom is 0.0834 e. The molecule has 2 fully saturated rings. The number of hydrogen-bond acceptors (Lipinski definition) is 5. The third kappa shape index (κ3) is 3.32. The van der Waals surface area contributed by atoms with Gasteiger partial charge in [0, 0.05) is 45.0 Å². The largest absolute Gasteiger partial charge is 0.390 e. The zero-order valence-electron chi connectivity index (χ0n) is 11.5. The third-order valence-electron chi connectivity index (χ3n) is 4.10. The smallest absolute Gasteiger partial charge is 0.0834 e. The van der Waals surface area contributed by atoms with Crippen LogP contribution in [0.3, 0.4) is 0 Å². The predicted octanol–water partition coefficient (Wildman–Crippen LogP) is -0.0862. The van der Waals surface area contributed by atoms with E-state index in [1.807, 2.05) is 10.9 Å². The Morgan fingerprint density at radius 3 is 2.80 bits per heavy atom. The van der Waals surface area contributed by atoms with Crippen LogP contribution in [0, 0.1) is 0 Å². The molecule has 7 heteroatoms. The first-order chi connectivity index (χ1) is 9.72. The van der Waals surface area contributed by atoms with E-state index in [-0.39, 0.29) is 12.1 Å². The van der Waals surface area contributed by atoms with Gasteiger partial charge in [0.25, 0.3) is 0 Å². The van der Waals surface area contributed by atoms with Gasteiger partial charge in [-0.25, -0.2) is 0 Å². The lowest BCUT2D eigenvalue weighted by Crippen LogP contribution is -2.48. The van der Waals surface area contributed by atoms with Crippen molar-refractivity contribution < 1.29 is 9.84 Å². The minimum atomic E-state index is -0.269. The number of halogens is 1. The summed E-state index contributed by atoms with van der Waals surface area (Å²) in [5.74, 6) is 0. The molecule has 0 radical (unpaired) electrons. The second kappa shape index (κ2) is 6.41. The van der Waals surface area contributed by atoms with Crippen LogP contribution in [0.2, 0.25) is 5.02 Å². The van der Waals surface area contributed by atoms with Crippen molar-refractivity contribution in [2.45, 2.75) is 18.7 Å². The summed E-state index contributed by atoms with van der Waals surface area (Å²) < 4.78 is 7.21. The number of aliphatic hydroxyl groups is 1.